The molecule has 1 fully saturated rings. The second-order valence-corrected chi connectivity index (χ2v) is 6.20. The lowest BCUT2D eigenvalue weighted by Crippen LogP contribution is -2.51. The van der Waals surface area contributed by atoms with Gasteiger partial charge in [-0.25, -0.2) is 4.98 Å². The lowest BCUT2D eigenvalue weighted by Gasteiger charge is -2.40. The smallest absolute Gasteiger partial charge is 0.390 e. The first kappa shape index (κ1) is 17.7. The highest BCUT2D eigenvalue weighted by molar-refractivity contribution is 5.41. The van der Waals surface area contributed by atoms with Gasteiger partial charge in [-0.2, -0.15) is 18.3 Å². The van der Waals surface area contributed by atoms with E-state index < -0.39 is 11.7 Å². The molecule has 0 aliphatic carbocycles. The van der Waals surface area contributed by atoms with Crippen LogP contribution in [0.25, 0.3) is 0 Å². The fourth-order valence-electron chi connectivity index (χ4n) is 3.10. The SMILES string of the molecule is CC1CN(Cc2c[nH]nc2CO)CCN1c1ccc(C(F)(F)F)cn1. The molecule has 0 spiro atoms. The Hall–Kier alpha value is -2.13. The summed E-state index contributed by atoms with van der Waals surface area (Å²) in [4.78, 5) is 8.23. The number of aliphatic hydroxyl groups is 1. The van der Waals surface area contributed by atoms with E-state index in [0.29, 0.717) is 24.6 Å². The molecule has 9 heteroatoms. The fourth-order valence-corrected chi connectivity index (χ4v) is 3.10. The van der Waals surface area contributed by atoms with Gasteiger partial charge in [0.15, 0.2) is 0 Å². The number of hydrogen-bond donors (Lipinski definition) is 2. The molecule has 25 heavy (non-hydrogen) atoms. The second-order valence-electron chi connectivity index (χ2n) is 6.20. The van der Waals surface area contributed by atoms with E-state index >= 15 is 0 Å². The van der Waals surface area contributed by atoms with Gasteiger partial charge in [0.05, 0.1) is 17.9 Å². The van der Waals surface area contributed by atoms with Gasteiger partial charge in [0.25, 0.3) is 0 Å². The summed E-state index contributed by atoms with van der Waals surface area (Å²) < 4.78 is 37.9. The van der Waals surface area contributed by atoms with Crippen LogP contribution in [0, 0.1) is 0 Å². The summed E-state index contributed by atoms with van der Waals surface area (Å²) in [7, 11) is 0. The first-order chi connectivity index (χ1) is 11.9. The van der Waals surface area contributed by atoms with E-state index in [1.165, 1.54) is 6.07 Å². The highest BCUT2D eigenvalue weighted by atomic mass is 19.4. The van der Waals surface area contributed by atoms with E-state index in [1.54, 1.807) is 6.20 Å². The summed E-state index contributed by atoms with van der Waals surface area (Å²) in [6.07, 6.45) is -1.71. The van der Waals surface area contributed by atoms with Crippen LogP contribution in [0.2, 0.25) is 0 Å². The first-order valence-corrected chi connectivity index (χ1v) is 8.03. The van der Waals surface area contributed by atoms with Crippen molar-refractivity contribution in [1.29, 1.82) is 0 Å². The van der Waals surface area contributed by atoms with Crippen LogP contribution >= 0.6 is 0 Å². The molecule has 1 saturated heterocycles. The normalized spacial score (nSPS) is 19.4. The number of nitrogens with zero attached hydrogens (tertiary/aromatic N) is 4. The van der Waals surface area contributed by atoms with Crippen molar-refractivity contribution in [2.24, 2.45) is 0 Å². The van der Waals surface area contributed by atoms with Gasteiger partial charge in [-0.05, 0) is 19.1 Å². The molecule has 3 rings (SSSR count). The molecular weight excluding hydrogens is 335 g/mol. The van der Waals surface area contributed by atoms with Crippen LogP contribution in [-0.2, 0) is 19.3 Å². The zero-order valence-electron chi connectivity index (χ0n) is 13.8. The monoisotopic (exact) mass is 355 g/mol. The fraction of sp³-hybridized carbons (Fsp3) is 0.500. The second kappa shape index (κ2) is 7.01. The van der Waals surface area contributed by atoms with Gasteiger partial charge in [0, 0.05) is 50.2 Å². The third-order valence-electron chi connectivity index (χ3n) is 4.43. The molecular formula is C16H20F3N5O. The van der Waals surface area contributed by atoms with Crippen molar-refractivity contribution in [3.8, 4) is 0 Å². The van der Waals surface area contributed by atoms with Crippen LogP contribution in [0.1, 0.15) is 23.7 Å². The highest BCUT2D eigenvalue weighted by Crippen LogP contribution is 2.30. The number of rotatable bonds is 4. The molecule has 0 saturated carbocycles. The largest absolute Gasteiger partial charge is 0.417 e. The zero-order chi connectivity index (χ0) is 18.0. The average Bonchev–Trinajstić information content (AvgIpc) is 3.01. The topological polar surface area (TPSA) is 68.3 Å². The highest BCUT2D eigenvalue weighted by Gasteiger charge is 2.31. The van der Waals surface area contributed by atoms with Crippen LogP contribution in [-0.4, -0.2) is 50.9 Å². The minimum Gasteiger partial charge on any atom is -0.390 e. The molecule has 3 heterocycles. The maximum atomic E-state index is 12.6. The van der Waals surface area contributed by atoms with Crippen LogP contribution in [0.5, 0.6) is 0 Å². The number of pyridine rings is 1. The molecule has 0 bridgehead atoms. The number of H-pyrrole nitrogens is 1. The maximum Gasteiger partial charge on any atom is 0.417 e. The average molecular weight is 355 g/mol. The number of aliphatic hydroxyl groups excluding tert-OH is 1. The van der Waals surface area contributed by atoms with Gasteiger partial charge in [0.2, 0.25) is 0 Å². The van der Waals surface area contributed by atoms with Crippen molar-refractivity contribution in [2.75, 3.05) is 24.5 Å². The van der Waals surface area contributed by atoms with Gasteiger partial charge >= 0.3 is 6.18 Å². The lowest BCUT2D eigenvalue weighted by molar-refractivity contribution is -0.137. The number of halogens is 3. The number of piperazine rings is 1. The predicted molar refractivity (Wildman–Crippen MR) is 85.8 cm³/mol. The number of anilines is 1. The van der Waals surface area contributed by atoms with Crippen molar-refractivity contribution in [3.05, 3.63) is 41.3 Å². The molecule has 0 radical (unpaired) electrons. The van der Waals surface area contributed by atoms with Crippen molar-refractivity contribution in [2.45, 2.75) is 32.3 Å². The summed E-state index contributed by atoms with van der Waals surface area (Å²) in [6, 6.07) is 2.61. The third-order valence-corrected chi connectivity index (χ3v) is 4.43. The Morgan fingerprint density at radius 2 is 2.12 bits per heavy atom. The Labute approximate surface area is 143 Å². The Bertz CT molecular complexity index is 701. The van der Waals surface area contributed by atoms with Crippen LogP contribution in [0.15, 0.2) is 24.5 Å². The molecule has 0 aromatic carbocycles. The summed E-state index contributed by atoms with van der Waals surface area (Å²) in [5.41, 5.74) is 0.856. The number of aromatic amines is 1. The van der Waals surface area contributed by atoms with Crippen molar-refractivity contribution >= 4 is 5.82 Å². The summed E-state index contributed by atoms with van der Waals surface area (Å²) in [6.45, 7) is 4.76. The Morgan fingerprint density at radius 3 is 2.72 bits per heavy atom. The van der Waals surface area contributed by atoms with E-state index in [1.807, 2.05) is 11.8 Å². The quantitative estimate of drug-likeness (QED) is 0.878. The molecule has 2 aromatic heterocycles. The molecule has 1 aliphatic rings. The third kappa shape index (κ3) is 3.93. The molecule has 1 unspecified atom stereocenters. The summed E-state index contributed by atoms with van der Waals surface area (Å²) >= 11 is 0. The standard InChI is InChI=1S/C16H20F3N5O/c1-11-8-23(9-12-6-21-22-14(12)10-25)4-5-24(11)15-3-2-13(7-20-15)16(17,18)19/h2-3,6-7,11,25H,4-5,8-10H2,1H3,(H,21,22). The summed E-state index contributed by atoms with van der Waals surface area (Å²) in [5.74, 6) is 0.555. The minimum absolute atomic E-state index is 0.107. The number of aromatic nitrogens is 3. The molecule has 2 aromatic rings. The number of hydrogen-bond acceptors (Lipinski definition) is 5. The predicted octanol–water partition coefficient (Wildman–Crippen LogP) is 2.03. The molecule has 6 nitrogen and oxygen atoms in total. The van der Waals surface area contributed by atoms with Gasteiger partial charge in [-0.1, -0.05) is 0 Å². The van der Waals surface area contributed by atoms with Crippen LogP contribution in [0.4, 0.5) is 19.0 Å². The van der Waals surface area contributed by atoms with Crippen molar-refractivity contribution < 1.29 is 18.3 Å². The van der Waals surface area contributed by atoms with E-state index in [0.717, 1.165) is 30.9 Å². The van der Waals surface area contributed by atoms with Gasteiger partial charge in [-0.15, -0.1) is 0 Å². The number of alkyl halides is 3. The van der Waals surface area contributed by atoms with Crippen molar-refractivity contribution in [1.82, 2.24) is 20.1 Å². The minimum atomic E-state index is -4.37. The van der Waals surface area contributed by atoms with Gasteiger partial charge in [0.1, 0.15) is 5.82 Å². The molecule has 1 aliphatic heterocycles. The molecule has 2 N–H and O–H groups in total. The molecule has 136 valence electrons. The Balaban J connectivity index is 1.64. The van der Waals surface area contributed by atoms with E-state index in [9.17, 15) is 18.3 Å². The van der Waals surface area contributed by atoms with E-state index in [4.69, 9.17) is 0 Å². The van der Waals surface area contributed by atoms with Gasteiger partial charge < -0.3 is 10.0 Å². The van der Waals surface area contributed by atoms with E-state index in [2.05, 4.69) is 20.1 Å². The van der Waals surface area contributed by atoms with E-state index in [-0.39, 0.29) is 12.6 Å². The number of nitrogens with one attached hydrogen (secondary N) is 1. The Kier molecular flexibility index (Phi) is 4.96. The Morgan fingerprint density at radius 1 is 1.32 bits per heavy atom. The maximum absolute atomic E-state index is 12.6. The molecule has 0 amide bonds. The zero-order valence-corrected chi connectivity index (χ0v) is 13.8. The van der Waals surface area contributed by atoms with Crippen molar-refractivity contribution in [3.63, 3.8) is 0 Å². The van der Waals surface area contributed by atoms with Crippen LogP contribution in [0.3, 0.4) is 0 Å². The lowest BCUT2D eigenvalue weighted by atomic mass is 10.1. The summed E-state index contributed by atoms with van der Waals surface area (Å²) in [5, 5.41) is 16.0. The van der Waals surface area contributed by atoms with Gasteiger partial charge in [-0.3, -0.25) is 10.00 Å². The molecule has 1 atom stereocenters. The first-order valence-electron chi connectivity index (χ1n) is 8.03. The van der Waals surface area contributed by atoms with Crippen LogP contribution < -0.4 is 4.90 Å².